The van der Waals surface area contributed by atoms with E-state index in [-0.39, 0.29) is 28.9 Å². The van der Waals surface area contributed by atoms with Crippen LogP contribution in [-0.2, 0) is 34.5 Å². The summed E-state index contributed by atoms with van der Waals surface area (Å²) in [6, 6.07) is -6.60. The summed E-state index contributed by atoms with van der Waals surface area (Å²) in [5.74, 6) is -8.14. The Morgan fingerprint density at radius 1 is 1.18 bits per heavy atom. The van der Waals surface area contributed by atoms with Crippen LogP contribution in [0.15, 0.2) is 6.07 Å². The van der Waals surface area contributed by atoms with Crippen LogP contribution in [-0.4, -0.2) is 116 Å². The van der Waals surface area contributed by atoms with Gasteiger partial charge in [0.2, 0.25) is 17.7 Å². The Hall–Kier alpha value is -3.68. The van der Waals surface area contributed by atoms with E-state index in [0.29, 0.717) is 11.4 Å². The van der Waals surface area contributed by atoms with Crippen molar-refractivity contribution in [1.29, 1.82) is 0 Å². The molecule has 0 bridgehead atoms. The SMILES string of the molecule is Cc1c(O)cc(O)c(CS)c1C(=O)OC(=O)[C@H](C)N(C(=O)[C@H](C)N)C(=O)[C@H](C=S)NC(=O)[C@H](CO)NC(=O)[C@H]1NCC[C@H]1O. The molecule has 0 saturated carbocycles. The number of amides is 4. The molecule has 242 valence electrons. The first-order valence-corrected chi connectivity index (χ1v) is 14.3. The van der Waals surface area contributed by atoms with Gasteiger partial charge in [0.1, 0.15) is 35.7 Å². The fraction of sp³-hybridized carbons (Fsp3) is 0.500. The van der Waals surface area contributed by atoms with Crippen LogP contribution in [0.4, 0.5) is 0 Å². The monoisotopic (exact) mass is 657 g/mol. The fourth-order valence-corrected chi connectivity index (χ4v) is 4.76. The van der Waals surface area contributed by atoms with Gasteiger partial charge in [-0.05, 0) is 33.7 Å². The molecule has 16 nitrogen and oxygen atoms in total. The highest BCUT2D eigenvalue weighted by Gasteiger charge is 2.40. The highest BCUT2D eigenvalue weighted by Crippen LogP contribution is 2.33. The van der Waals surface area contributed by atoms with E-state index in [1.807, 2.05) is 0 Å². The van der Waals surface area contributed by atoms with E-state index < -0.39 is 90.0 Å². The molecule has 0 aromatic heterocycles. The number of rotatable bonds is 12. The predicted octanol–water partition coefficient (Wildman–Crippen LogP) is -2.71. The largest absolute Gasteiger partial charge is 0.508 e. The molecule has 2 rings (SSSR count). The van der Waals surface area contributed by atoms with Crippen molar-refractivity contribution in [3.63, 3.8) is 0 Å². The Balaban J connectivity index is 2.28. The van der Waals surface area contributed by atoms with Crippen molar-refractivity contribution in [2.24, 2.45) is 5.73 Å². The van der Waals surface area contributed by atoms with Gasteiger partial charge in [0, 0.05) is 28.3 Å². The first-order chi connectivity index (χ1) is 20.6. The molecule has 0 spiro atoms. The maximum Gasteiger partial charge on any atom is 0.346 e. The van der Waals surface area contributed by atoms with E-state index in [1.165, 1.54) is 13.8 Å². The van der Waals surface area contributed by atoms with Crippen LogP contribution in [0, 0.1) is 6.92 Å². The van der Waals surface area contributed by atoms with Crippen molar-refractivity contribution in [2.75, 3.05) is 13.2 Å². The summed E-state index contributed by atoms with van der Waals surface area (Å²) in [7, 11) is 0. The lowest BCUT2D eigenvalue weighted by molar-refractivity contribution is -0.158. The van der Waals surface area contributed by atoms with Gasteiger partial charge in [-0.25, -0.2) is 9.59 Å². The minimum atomic E-state index is -1.81. The molecule has 6 atom stereocenters. The normalized spacial score (nSPS) is 18.7. The molecule has 1 aliphatic heterocycles. The van der Waals surface area contributed by atoms with Gasteiger partial charge in [-0.1, -0.05) is 12.2 Å². The molecule has 1 fully saturated rings. The predicted molar refractivity (Wildman–Crippen MR) is 160 cm³/mol. The number of benzene rings is 1. The number of aliphatic hydroxyl groups excluding tert-OH is 2. The topological polar surface area (TPSA) is 258 Å². The number of phenols is 2. The maximum atomic E-state index is 13.5. The Labute approximate surface area is 262 Å². The number of nitrogens with zero attached hydrogens (tertiary/aromatic N) is 1. The second-order valence-electron chi connectivity index (χ2n) is 9.93. The Morgan fingerprint density at radius 2 is 1.82 bits per heavy atom. The van der Waals surface area contributed by atoms with E-state index in [2.05, 4.69) is 28.6 Å². The summed E-state index contributed by atoms with van der Waals surface area (Å²) in [6.45, 7) is 3.00. The smallest absolute Gasteiger partial charge is 0.346 e. The minimum Gasteiger partial charge on any atom is -0.508 e. The van der Waals surface area contributed by atoms with Crippen LogP contribution in [0.3, 0.4) is 0 Å². The number of phenolic OH excluding ortho intramolecular Hbond substituents is 2. The van der Waals surface area contributed by atoms with Gasteiger partial charge < -0.3 is 46.8 Å². The molecule has 1 aromatic carbocycles. The zero-order valence-corrected chi connectivity index (χ0v) is 25.7. The van der Waals surface area contributed by atoms with E-state index in [4.69, 9.17) is 22.7 Å². The second-order valence-corrected chi connectivity index (χ2v) is 10.5. The summed E-state index contributed by atoms with van der Waals surface area (Å²) in [5.41, 5.74) is 5.22. The molecule has 1 aromatic rings. The third-order valence-corrected chi connectivity index (χ3v) is 7.37. The van der Waals surface area contributed by atoms with Crippen molar-refractivity contribution in [3.8, 4) is 11.5 Å². The summed E-state index contributed by atoms with van der Waals surface area (Å²) < 4.78 is 4.89. The van der Waals surface area contributed by atoms with Gasteiger partial charge in [-0.3, -0.25) is 24.1 Å². The molecule has 0 unspecified atom stereocenters. The lowest BCUT2D eigenvalue weighted by atomic mass is 10.0. The average Bonchev–Trinajstić information content (AvgIpc) is 3.41. The van der Waals surface area contributed by atoms with Crippen molar-refractivity contribution in [3.05, 3.63) is 22.8 Å². The van der Waals surface area contributed by atoms with Crippen LogP contribution in [0.1, 0.15) is 41.8 Å². The number of hydrogen-bond acceptors (Lipinski definition) is 15. The van der Waals surface area contributed by atoms with Gasteiger partial charge in [-0.15, -0.1) is 0 Å². The molecular formula is C26H35N5O11S2. The van der Waals surface area contributed by atoms with Crippen molar-refractivity contribution < 1.29 is 53.9 Å². The zero-order chi connectivity index (χ0) is 33.5. The molecule has 0 radical (unpaired) electrons. The third-order valence-electron chi connectivity index (χ3n) is 6.78. The summed E-state index contributed by atoms with van der Waals surface area (Å²) >= 11 is 8.90. The number of nitrogens with one attached hydrogen (secondary N) is 3. The third kappa shape index (κ3) is 8.27. The van der Waals surface area contributed by atoms with Gasteiger partial charge in [0.25, 0.3) is 5.91 Å². The number of carbonyl (C=O) groups is 6. The van der Waals surface area contributed by atoms with E-state index >= 15 is 0 Å². The molecule has 1 heterocycles. The highest BCUT2D eigenvalue weighted by atomic mass is 32.1. The lowest BCUT2D eigenvalue weighted by Crippen LogP contribution is -2.61. The number of nitrogens with two attached hydrogens (primary N) is 1. The Kier molecular flexibility index (Phi) is 13.2. The summed E-state index contributed by atoms with van der Waals surface area (Å²) in [6.07, 6.45) is -0.734. The second kappa shape index (κ2) is 15.9. The average molecular weight is 658 g/mol. The first-order valence-electron chi connectivity index (χ1n) is 13.2. The van der Waals surface area contributed by atoms with Gasteiger partial charge in [0.15, 0.2) is 0 Å². The molecule has 18 heteroatoms. The summed E-state index contributed by atoms with van der Waals surface area (Å²) in [4.78, 5) is 78.1. The number of carbonyl (C=O) groups excluding carboxylic acids is 6. The highest BCUT2D eigenvalue weighted by molar-refractivity contribution is 7.79. The number of esters is 2. The van der Waals surface area contributed by atoms with Crippen LogP contribution >= 0.6 is 24.8 Å². The van der Waals surface area contributed by atoms with Crippen LogP contribution in [0.2, 0.25) is 0 Å². The molecule has 0 aliphatic carbocycles. The molecule has 44 heavy (non-hydrogen) atoms. The van der Waals surface area contributed by atoms with Crippen LogP contribution in [0.25, 0.3) is 0 Å². The van der Waals surface area contributed by atoms with Gasteiger partial charge in [0.05, 0.1) is 24.3 Å². The summed E-state index contributed by atoms with van der Waals surface area (Å²) in [5, 5.41) is 47.6. The molecule has 1 saturated heterocycles. The minimum absolute atomic E-state index is 0.0378. The molecule has 9 N–H and O–H groups in total. The van der Waals surface area contributed by atoms with Crippen LogP contribution in [0.5, 0.6) is 11.5 Å². The number of thiocarbonyl (C=S) groups is 1. The van der Waals surface area contributed by atoms with Crippen molar-refractivity contribution in [2.45, 2.75) is 69.3 Å². The van der Waals surface area contributed by atoms with E-state index in [1.54, 1.807) is 0 Å². The fourth-order valence-electron chi connectivity index (χ4n) is 4.26. The quantitative estimate of drug-likeness (QED) is 0.0480. The number of ether oxygens (including phenoxy) is 1. The molecule has 1 aliphatic rings. The number of hydrogen-bond donors (Lipinski definition) is 9. The first kappa shape index (κ1) is 36.5. The zero-order valence-electron chi connectivity index (χ0n) is 24.0. The van der Waals surface area contributed by atoms with Gasteiger partial charge in [-0.2, -0.15) is 12.6 Å². The van der Waals surface area contributed by atoms with E-state index in [0.717, 1.165) is 18.4 Å². The van der Waals surface area contributed by atoms with Crippen molar-refractivity contribution >= 4 is 65.8 Å². The standard InChI is InChI=1S/C26H35N5O11S2/c1-10-17(34)6-18(35)13(8-43)19(10)26(41)42-25(40)12(3)31(23(38)11(2)27)24(39)15(9-44)30-21(36)14(7-32)29-22(37)20-16(33)4-5-28-20/h6,9,11-12,14-16,20,28,32-35,43H,4-5,7-8,27H2,1-3H3,(H,29,37)(H,30,36)/t11-,12-,14-,15-,16+,20-/m0/s1. The molecular weight excluding hydrogens is 622 g/mol. The Morgan fingerprint density at radius 3 is 2.32 bits per heavy atom. The van der Waals surface area contributed by atoms with Crippen LogP contribution < -0.4 is 21.7 Å². The number of aliphatic hydroxyl groups is 2. The molecule has 4 amide bonds. The van der Waals surface area contributed by atoms with E-state index in [9.17, 15) is 49.2 Å². The number of aromatic hydroxyl groups is 2. The van der Waals surface area contributed by atoms with Crippen molar-refractivity contribution in [1.82, 2.24) is 20.9 Å². The Bertz CT molecular complexity index is 1330. The van der Waals surface area contributed by atoms with Gasteiger partial charge >= 0.3 is 11.9 Å². The maximum absolute atomic E-state index is 13.5. The lowest BCUT2D eigenvalue weighted by Gasteiger charge is -2.30. The number of imide groups is 1. The number of thiol groups is 1.